The highest BCUT2D eigenvalue weighted by Crippen LogP contribution is 2.26. The lowest BCUT2D eigenvalue weighted by atomic mass is 10.1. The van der Waals surface area contributed by atoms with Crippen molar-refractivity contribution >= 4 is 29.1 Å². The van der Waals surface area contributed by atoms with E-state index in [2.05, 4.69) is 15.3 Å². The molecule has 1 aromatic rings. The Morgan fingerprint density at radius 2 is 1.89 bits per heavy atom. The van der Waals surface area contributed by atoms with Gasteiger partial charge < -0.3 is 22.5 Å². The SMILES string of the molecule is Nc1nc(N)c(C(=O)NC(N)C2CCCC2)nc1Cl. The molecule has 1 heterocycles. The summed E-state index contributed by atoms with van der Waals surface area (Å²) in [5.74, 6) is -0.248. The lowest BCUT2D eigenvalue weighted by molar-refractivity contribution is 0.0919. The molecule has 1 amide bonds. The number of nitrogens with zero attached hydrogens (tertiary/aromatic N) is 2. The summed E-state index contributed by atoms with van der Waals surface area (Å²) in [4.78, 5) is 19.6. The van der Waals surface area contributed by atoms with Crippen molar-refractivity contribution in [2.75, 3.05) is 11.5 Å². The van der Waals surface area contributed by atoms with Gasteiger partial charge in [0.1, 0.15) is 0 Å². The van der Waals surface area contributed by atoms with E-state index in [9.17, 15) is 4.79 Å². The highest BCUT2D eigenvalue weighted by molar-refractivity contribution is 6.31. The Hall–Kier alpha value is -1.60. The van der Waals surface area contributed by atoms with E-state index in [1.165, 1.54) is 0 Å². The zero-order chi connectivity index (χ0) is 14.0. The second-order valence-corrected chi connectivity index (χ2v) is 5.04. The lowest BCUT2D eigenvalue weighted by Crippen LogP contribution is -2.46. The Bertz CT molecular complexity index is 488. The third kappa shape index (κ3) is 3.05. The zero-order valence-electron chi connectivity index (χ0n) is 10.4. The first-order valence-corrected chi connectivity index (χ1v) is 6.51. The number of rotatable bonds is 3. The largest absolute Gasteiger partial charge is 0.382 e. The fraction of sp³-hybridized carbons (Fsp3) is 0.545. The molecule has 7 N–H and O–H groups in total. The van der Waals surface area contributed by atoms with E-state index in [4.69, 9.17) is 28.8 Å². The normalized spacial score (nSPS) is 17.4. The summed E-state index contributed by atoms with van der Waals surface area (Å²) in [7, 11) is 0. The molecule has 1 aromatic heterocycles. The number of nitrogens with one attached hydrogen (secondary N) is 1. The maximum absolute atomic E-state index is 12.0. The first kappa shape index (κ1) is 13.8. The summed E-state index contributed by atoms with van der Waals surface area (Å²) in [6, 6.07) is 0. The summed E-state index contributed by atoms with van der Waals surface area (Å²) in [5.41, 5.74) is 17.0. The van der Waals surface area contributed by atoms with Crippen molar-refractivity contribution < 1.29 is 4.79 Å². The van der Waals surface area contributed by atoms with Gasteiger partial charge in [0.05, 0.1) is 6.17 Å². The van der Waals surface area contributed by atoms with Gasteiger partial charge in [-0.1, -0.05) is 24.4 Å². The Labute approximate surface area is 115 Å². The predicted molar refractivity (Wildman–Crippen MR) is 73.3 cm³/mol. The lowest BCUT2D eigenvalue weighted by Gasteiger charge is -2.20. The van der Waals surface area contributed by atoms with Crippen LogP contribution in [0.5, 0.6) is 0 Å². The van der Waals surface area contributed by atoms with Gasteiger partial charge in [-0.15, -0.1) is 0 Å². The first-order valence-electron chi connectivity index (χ1n) is 6.14. The van der Waals surface area contributed by atoms with Gasteiger partial charge in [-0.2, -0.15) is 0 Å². The third-order valence-corrected chi connectivity index (χ3v) is 3.60. The summed E-state index contributed by atoms with van der Waals surface area (Å²) < 4.78 is 0. The van der Waals surface area contributed by atoms with Gasteiger partial charge in [0.2, 0.25) is 0 Å². The van der Waals surface area contributed by atoms with Gasteiger partial charge >= 0.3 is 0 Å². The Balaban J connectivity index is 2.09. The van der Waals surface area contributed by atoms with Crippen LogP contribution in [0.25, 0.3) is 0 Å². The van der Waals surface area contributed by atoms with Crippen LogP contribution in [0.3, 0.4) is 0 Å². The number of aromatic nitrogens is 2. The Morgan fingerprint density at radius 1 is 1.26 bits per heavy atom. The maximum atomic E-state index is 12.0. The molecule has 8 heteroatoms. The zero-order valence-corrected chi connectivity index (χ0v) is 11.2. The van der Waals surface area contributed by atoms with Crippen LogP contribution in [0.2, 0.25) is 5.15 Å². The molecular weight excluding hydrogens is 268 g/mol. The fourth-order valence-electron chi connectivity index (χ4n) is 2.26. The van der Waals surface area contributed by atoms with Gasteiger partial charge in [0.25, 0.3) is 5.91 Å². The number of carbonyl (C=O) groups excluding carboxylic acids is 1. The summed E-state index contributed by atoms with van der Waals surface area (Å²) in [6.07, 6.45) is 3.91. The molecule has 0 aromatic carbocycles. The number of hydrogen-bond acceptors (Lipinski definition) is 6. The second kappa shape index (κ2) is 5.58. The molecule has 1 saturated carbocycles. The van der Waals surface area contributed by atoms with Crippen LogP contribution in [-0.2, 0) is 0 Å². The van der Waals surface area contributed by atoms with Crippen molar-refractivity contribution in [1.82, 2.24) is 15.3 Å². The molecule has 2 rings (SSSR count). The fourth-order valence-corrected chi connectivity index (χ4v) is 2.39. The molecule has 19 heavy (non-hydrogen) atoms. The van der Waals surface area contributed by atoms with E-state index in [0.717, 1.165) is 25.7 Å². The topological polar surface area (TPSA) is 133 Å². The molecule has 1 fully saturated rings. The predicted octanol–water partition coefficient (Wildman–Crippen LogP) is 0.499. The highest BCUT2D eigenvalue weighted by Gasteiger charge is 2.25. The minimum atomic E-state index is -0.480. The summed E-state index contributed by atoms with van der Waals surface area (Å²) in [6.45, 7) is 0. The number of nitrogen functional groups attached to an aromatic ring is 2. The molecule has 1 aliphatic rings. The number of anilines is 2. The van der Waals surface area contributed by atoms with Gasteiger partial charge in [0, 0.05) is 0 Å². The van der Waals surface area contributed by atoms with Crippen LogP contribution in [0.1, 0.15) is 36.2 Å². The highest BCUT2D eigenvalue weighted by atomic mass is 35.5. The summed E-state index contributed by atoms with van der Waals surface area (Å²) >= 11 is 5.73. The molecule has 0 radical (unpaired) electrons. The standard InChI is InChI=1S/C11H17ClN6O/c12-7-10(15)17-9(14)6(16-7)11(19)18-8(13)5-3-1-2-4-5/h5,8H,1-4,13H2,(H,18,19)(H4,14,15,17). The van der Waals surface area contributed by atoms with E-state index in [0.29, 0.717) is 5.92 Å². The number of amides is 1. The molecule has 1 unspecified atom stereocenters. The third-order valence-electron chi connectivity index (χ3n) is 3.33. The molecule has 7 nitrogen and oxygen atoms in total. The first-order chi connectivity index (χ1) is 8.99. The van der Waals surface area contributed by atoms with E-state index in [1.807, 2.05) is 0 Å². The summed E-state index contributed by atoms with van der Waals surface area (Å²) in [5, 5.41) is 2.64. The molecule has 0 spiro atoms. The average Bonchev–Trinajstić information content (AvgIpc) is 2.87. The second-order valence-electron chi connectivity index (χ2n) is 4.68. The van der Waals surface area contributed by atoms with E-state index in [1.54, 1.807) is 0 Å². The van der Waals surface area contributed by atoms with Crippen LogP contribution in [-0.4, -0.2) is 22.0 Å². The van der Waals surface area contributed by atoms with Gasteiger partial charge in [0.15, 0.2) is 22.5 Å². The Morgan fingerprint density at radius 3 is 2.53 bits per heavy atom. The van der Waals surface area contributed by atoms with Crippen LogP contribution in [0.4, 0.5) is 11.6 Å². The van der Waals surface area contributed by atoms with Gasteiger partial charge in [-0.3, -0.25) is 4.79 Å². The van der Waals surface area contributed by atoms with Crippen molar-refractivity contribution in [2.45, 2.75) is 31.8 Å². The number of carbonyl (C=O) groups is 1. The van der Waals surface area contributed by atoms with E-state index in [-0.39, 0.29) is 22.5 Å². The Kier molecular flexibility index (Phi) is 4.06. The molecule has 104 valence electrons. The molecular formula is C11H17ClN6O. The van der Waals surface area contributed by atoms with Crippen molar-refractivity contribution in [2.24, 2.45) is 11.7 Å². The van der Waals surface area contributed by atoms with Crippen LogP contribution in [0, 0.1) is 5.92 Å². The molecule has 1 atom stereocenters. The molecule has 0 saturated heterocycles. The van der Waals surface area contributed by atoms with Crippen molar-refractivity contribution in [3.63, 3.8) is 0 Å². The molecule has 0 aliphatic heterocycles. The van der Waals surface area contributed by atoms with Crippen molar-refractivity contribution in [3.05, 3.63) is 10.8 Å². The van der Waals surface area contributed by atoms with Crippen LogP contribution >= 0.6 is 11.6 Å². The molecule has 1 aliphatic carbocycles. The van der Waals surface area contributed by atoms with Gasteiger partial charge in [-0.05, 0) is 18.8 Å². The number of nitrogens with two attached hydrogens (primary N) is 3. The van der Waals surface area contributed by atoms with E-state index < -0.39 is 12.1 Å². The van der Waals surface area contributed by atoms with Gasteiger partial charge in [-0.25, -0.2) is 9.97 Å². The number of halogens is 1. The monoisotopic (exact) mass is 284 g/mol. The van der Waals surface area contributed by atoms with Crippen molar-refractivity contribution in [3.8, 4) is 0 Å². The van der Waals surface area contributed by atoms with Crippen molar-refractivity contribution in [1.29, 1.82) is 0 Å². The minimum absolute atomic E-state index is 0.00388. The molecule has 0 bridgehead atoms. The number of hydrogen-bond donors (Lipinski definition) is 4. The quantitative estimate of drug-likeness (QED) is 0.597. The maximum Gasteiger partial charge on any atom is 0.275 e. The average molecular weight is 285 g/mol. The smallest absolute Gasteiger partial charge is 0.275 e. The minimum Gasteiger partial charge on any atom is -0.382 e. The van der Waals surface area contributed by atoms with Crippen LogP contribution < -0.4 is 22.5 Å². The van der Waals surface area contributed by atoms with E-state index >= 15 is 0 Å². The van der Waals surface area contributed by atoms with Crippen LogP contribution in [0.15, 0.2) is 0 Å².